The number of likely N-dealkylation sites (tertiary alicyclic amines) is 1. The van der Waals surface area contributed by atoms with Gasteiger partial charge in [0.1, 0.15) is 5.82 Å². The summed E-state index contributed by atoms with van der Waals surface area (Å²) in [6, 6.07) is 8.24. The van der Waals surface area contributed by atoms with Crippen LogP contribution in [0.5, 0.6) is 0 Å². The van der Waals surface area contributed by atoms with Gasteiger partial charge in [-0.25, -0.2) is 9.48 Å². The minimum atomic E-state index is -0.0268. The first-order valence-corrected chi connectivity index (χ1v) is 8.48. The Morgan fingerprint density at radius 1 is 1.04 bits per heavy atom. The van der Waals surface area contributed by atoms with Crippen molar-refractivity contribution in [1.82, 2.24) is 19.2 Å². The van der Waals surface area contributed by atoms with Crippen molar-refractivity contribution in [2.24, 2.45) is 0 Å². The molecule has 0 spiro atoms. The first-order valence-electron chi connectivity index (χ1n) is 8.48. The smallest absolute Gasteiger partial charge is 0.301 e. The molecular weight excluding hydrogens is 288 g/mol. The van der Waals surface area contributed by atoms with Gasteiger partial charge in [0.15, 0.2) is 0 Å². The molecule has 0 N–H and O–H groups in total. The van der Waals surface area contributed by atoms with Crippen molar-refractivity contribution in [3.05, 3.63) is 51.7 Å². The second-order valence-electron chi connectivity index (χ2n) is 6.39. The van der Waals surface area contributed by atoms with E-state index in [1.165, 1.54) is 24.8 Å². The average Bonchev–Trinajstić information content (AvgIpc) is 2.77. The molecule has 0 amide bonds. The number of nitrogens with zero attached hydrogens (tertiary/aromatic N) is 4. The first kappa shape index (κ1) is 14.5. The minimum Gasteiger partial charge on any atom is -0.301 e. The Hall–Kier alpha value is -2.14. The van der Waals surface area contributed by atoms with E-state index in [1.807, 2.05) is 24.4 Å². The molecule has 2 aliphatic heterocycles. The zero-order valence-corrected chi connectivity index (χ0v) is 13.3. The summed E-state index contributed by atoms with van der Waals surface area (Å²) in [6.07, 6.45) is 8.44. The van der Waals surface area contributed by atoms with Crippen molar-refractivity contribution in [2.75, 3.05) is 19.6 Å². The van der Waals surface area contributed by atoms with Gasteiger partial charge in [-0.1, -0.05) is 30.7 Å². The molecule has 5 nitrogen and oxygen atoms in total. The zero-order valence-electron chi connectivity index (χ0n) is 13.3. The number of piperidine rings is 1. The molecule has 0 aliphatic carbocycles. The number of aromatic nitrogens is 3. The predicted octanol–water partition coefficient (Wildman–Crippen LogP) is 2.06. The van der Waals surface area contributed by atoms with Gasteiger partial charge in [-0.05, 0) is 43.1 Å². The molecule has 5 heteroatoms. The molecule has 1 saturated heterocycles. The fraction of sp³-hybridized carbons (Fsp3) is 0.444. The molecule has 2 aliphatic rings. The Balaban J connectivity index is 1.55. The molecule has 1 fully saturated rings. The maximum Gasteiger partial charge on any atom is 0.350 e. The van der Waals surface area contributed by atoms with Crippen LogP contribution in [0.3, 0.4) is 0 Å². The van der Waals surface area contributed by atoms with Gasteiger partial charge in [-0.3, -0.25) is 4.57 Å². The van der Waals surface area contributed by atoms with Gasteiger partial charge in [0.2, 0.25) is 0 Å². The van der Waals surface area contributed by atoms with Crippen molar-refractivity contribution in [2.45, 2.75) is 32.2 Å². The molecule has 4 rings (SSSR count). The van der Waals surface area contributed by atoms with E-state index >= 15 is 0 Å². The van der Waals surface area contributed by atoms with Crippen LogP contribution in [-0.2, 0) is 13.0 Å². The van der Waals surface area contributed by atoms with Crippen molar-refractivity contribution in [3.8, 4) is 0 Å². The van der Waals surface area contributed by atoms with E-state index in [4.69, 9.17) is 0 Å². The number of hydrogen-bond acceptors (Lipinski definition) is 3. The van der Waals surface area contributed by atoms with Crippen LogP contribution >= 0.6 is 0 Å². The predicted molar refractivity (Wildman–Crippen MR) is 91.3 cm³/mol. The maximum atomic E-state index is 12.6. The average molecular weight is 310 g/mol. The Labute approximate surface area is 135 Å². The normalized spacial score (nSPS) is 17.6. The van der Waals surface area contributed by atoms with E-state index in [9.17, 15) is 4.79 Å². The molecule has 3 heterocycles. The lowest BCUT2D eigenvalue weighted by Crippen LogP contribution is -2.35. The third-order valence-corrected chi connectivity index (χ3v) is 4.82. The molecule has 0 atom stereocenters. The quantitative estimate of drug-likeness (QED) is 0.744. The fourth-order valence-corrected chi connectivity index (χ4v) is 3.48. The van der Waals surface area contributed by atoms with E-state index in [1.54, 1.807) is 9.25 Å². The monoisotopic (exact) mass is 310 g/mol. The summed E-state index contributed by atoms with van der Waals surface area (Å²) in [5, 5.41) is 4.58. The molecule has 1 aromatic carbocycles. The number of hydrogen-bond donors (Lipinski definition) is 0. The summed E-state index contributed by atoms with van der Waals surface area (Å²) < 4.78 is 3.32. The summed E-state index contributed by atoms with van der Waals surface area (Å²) in [7, 11) is 0. The van der Waals surface area contributed by atoms with Crippen LogP contribution in [0.4, 0.5) is 0 Å². The highest BCUT2D eigenvalue weighted by molar-refractivity contribution is 5.65. The second-order valence-corrected chi connectivity index (χ2v) is 6.39. The fourth-order valence-electron chi connectivity index (χ4n) is 3.48. The third kappa shape index (κ3) is 2.88. The Morgan fingerprint density at radius 2 is 1.87 bits per heavy atom. The lowest BCUT2D eigenvalue weighted by Gasteiger charge is -2.25. The highest BCUT2D eigenvalue weighted by Crippen LogP contribution is 2.18. The minimum absolute atomic E-state index is 0.0268. The molecule has 0 unspecified atom stereocenters. The van der Waals surface area contributed by atoms with E-state index in [2.05, 4.69) is 22.1 Å². The van der Waals surface area contributed by atoms with Crippen LogP contribution in [0.15, 0.2) is 29.1 Å². The largest absolute Gasteiger partial charge is 0.350 e. The molecule has 0 bridgehead atoms. The Morgan fingerprint density at radius 3 is 2.74 bits per heavy atom. The maximum absolute atomic E-state index is 12.6. The van der Waals surface area contributed by atoms with Crippen LogP contribution in [0.2, 0.25) is 0 Å². The number of fused-ring (bicyclic) bond motifs is 2. The highest BCUT2D eigenvalue weighted by atomic mass is 16.2. The van der Waals surface area contributed by atoms with Crippen LogP contribution in [0, 0.1) is 0 Å². The van der Waals surface area contributed by atoms with Gasteiger partial charge < -0.3 is 4.90 Å². The topological polar surface area (TPSA) is 43.1 Å². The standard InChI is InChI=1S/C18H22N4O/c23-18-21-11-8-15-6-2-3-7-16(15)14-17(21)19-22(18)13-12-20-9-4-1-5-10-20/h2-3,6-8,11H,1,4-5,9-10,12-14H2. The molecule has 0 saturated carbocycles. The molecule has 2 aromatic rings. The van der Waals surface area contributed by atoms with Crippen LogP contribution < -0.4 is 5.69 Å². The van der Waals surface area contributed by atoms with E-state index in [0.717, 1.165) is 31.0 Å². The van der Waals surface area contributed by atoms with E-state index in [0.29, 0.717) is 13.0 Å². The van der Waals surface area contributed by atoms with Gasteiger partial charge in [0.05, 0.1) is 6.54 Å². The third-order valence-electron chi connectivity index (χ3n) is 4.82. The summed E-state index contributed by atoms with van der Waals surface area (Å²) in [5.74, 6) is 0.829. The van der Waals surface area contributed by atoms with E-state index in [-0.39, 0.29) is 5.69 Å². The molecule has 120 valence electrons. The summed E-state index contributed by atoms with van der Waals surface area (Å²) >= 11 is 0. The van der Waals surface area contributed by atoms with Gasteiger partial charge in [0, 0.05) is 19.2 Å². The molecular formula is C18H22N4O. The molecule has 0 radical (unpaired) electrons. The van der Waals surface area contributed by atoms with Crippen molar-refractivity contribution < 1.29 is 0 Å². The van der Waals surface area contributed by atoms with Gasteiger partial charge in [-0.15, -0.1) is 0 Å². The van der Waals surface area contributed by atoms with Gasteiger partial charge in [-0.2, -0.15) is 5.10 Å². The highest BCUT2D eigenvalue weighted by Gasteiger charge is 2.17. The molecule has 23 heavy (non-hydrogen) atoms. The van der Waals surface area contributed by atoms with Crippen LogP contribution in [0.1, 0.15) is 36.2 Å². The summed E-state index contributed by atoms with van der Waals surface area (Å²) in [6.45, 7) is 3.89. The first-order chi connectivity index (χ1) is 11.3. The number of benzene rings is 1. The second kappa shape index (κ2) is 6.16. The van der Waals surface area contributed by atoms with Crippen LogP contribution in [-0.4, -0.2) is 38.9 Å². The Bertz CT molecular complexity index is 781. The SMILES string of the molecule is O=c1n(CCN2CCCCC2)nc2n1C=Cc1ccccc1C2. The zero-order chi connectivity index (χ0) is 15.6. The van der Waals surface area contributed by atoms with Crippen molar-refractivity contribution in [3.63, 3.8) is 0 Å². The summed E-state index contributed by atoms with van der Waals surface area (Å²) in [5.41, 5.74) is 2.36. The Kier molecular flexibility index (Phi) is 3.87. The lowest BCUT2D eigenvalue weighted by atomic mass is 10.1. The van der Waals surface area contributed by atoms with E-state index < -0.39 is 0 Å². The lowest BCUT2D eigenvalue weighted by molar-refractivity contribution is 0.217. The summed E-state index contributed by atoms with van der Waals surface area (Å²) in [4.78, 5) is 15.0. The van der Waals surface area contributed by atoms with Gasteiger partial charge >= 0.3 is 5.69 Å². The van der Waals surface area contributed by atoms with Crippen LogP contribution in [0.25, 0.3) is 12.3 Å². The van der Waals surface area contributed by atoms with Crippen molar-refractivity contribution in [1.29, 1.82) is 0 Å². The van der Waals surface area contributed by atoms with Crippen molar-refractivity contribution >= 4 is 12.3 Å². The van der Waals surface area contributed by atoms with Gasteiger partial charge in [0.25, 0.3) is 0 Å². The molecule has 1 aromatic heterocycles. The number of rotatable bonds is 3.